The van der Waals surface area contributed by atoms with Crippen molar-refractivity contribution in [3.05, 3.63) is 58.6 Å². The number of carbonyl (C=O) groups is 2. The molecule has 0 aliphatic carbocycles. The summed E-state index contributed by atoms with van der Waals surface area (Å²) in [5.74, 6) is -0.924. The number of nitrogens with zero attached hydrogens (tertiary/aromatic N) is 2. The van der Waals surface area contributed by atoms with Gasteiger partial charge >= 0.3 is 11.8 Å². The fourth-order valence-corrected chi connectivity index (χ4v) is 3.51. The highest BCUT2D eigenvalue weighted by Crippen LogP contribution is 2.24. The van der Waals surface area contributed by atoms with Crippen LogP contribution in [0, 0.1) is 11.3 Å². The molecule has 1 atom stereocenters. The van der Waals surface area contributed by atoms with Crippen LogP contribution < -0.4 is 15.4 Å². The van der Waals surface area contributed by atoms with Gasteiger partial charge in [-0.05, 0) is 35.9 Å². The van der Waals surface area contributed by atoms with E-state index in [1.54, 1.807) is 7.11 Å². The third-order valence-corrected chi connectivity index (χ3v) is 5.23. The van der Waals surface area contributed by atoms with E-state index in [1.165, 1.54) is 18.2 Å². The number of benzene rings is 2. The number of amides is 2. The molecule has 1 saturated heterocycles. The van der Waals surface area contributed by atoms with Gasteiger partial charge in [0, 0.05) is 24.7 Å². The molecule has 2 amide bonds. The molecule has 9 heteroatoms. The van der Waals surface area contributed by atoms with Crippen molar-refractivity contribution in [1.82, 2.24) is 10.2 Å². The van der Waals surface area contributed by atoms with Crippen LogP contribution in [-0.4, -0.2) is 56.7 Å². The van der Waals surface area contributed by atoms with E-state index in [9.17, 15) is 14.9 Å². The highest BCUT2D eigenvalue weighted by Gasteiger charge is 2.25. The van der Waals surface area contributed by atoms with Gasteiger partial charge in [0.2, 0.25) is 0 Å². The SMILES string of the molecule is COc1ccc([C@H](CNC(=O)C(=O)Nc2cc(Cl)ccc2C#N)N2CCOCC2)cc1. The molecule has 1 aliphatic heterocycles. The van der Waals surface area contributed by atoms with Gasteiger partial charge in [0.15, 0.2) is 0 Å². The molecule has 31 heavy (non-hydrogen) atoms. The Balaban J connectivity index is 1.68. The lowest BCUT2D eigenvalue weighted by Gasteiger charge is -2.34. The molecule has 1 aliphatic rings. The quantitative estimate of drug-likeness (QED) is 0.665. The topological polar surface area (TPSA) is 104 Å². The van der Waals surface area contributed by atoms with Gasteiger partial charge in [0.05, 0.1) is 37.6 Å². The van der Waals surface area contributed by atoms with Crippen LogP contribution >= 0.6 is 11.6 Å². The molecule has 2 aromatic carbocycles. The van der Waals surface area contributed by atoms with Gasteiger partial charge in [-0.1, -0.05) is 23.7 Å². The summed E-state index contributed by atoms with van der Waals surface area (Å²) in [6, 6.07) is 13.9. The van der Waals surface area contributed by atoms with Gasteiger partial charge in [-0.15, -0.1) is 0 Å². The Morgan fingerprint density at radius 3 is 2.55 bits per heavy atom. The van der Waals surface area contributed by atoms with Crippen LogP contribution in [0.4, 0.5) is 5.69 Å². The summed E-state index contributed by atoms with van der Waals surface area (Å²) < 4.78 is 10.7. The van der Waals surface area contributed by atoms with E-state index in [0.29, 0.717) is 31.3 Å². The second-order valence-corrected chi connectivity index (χ2v) is 7.34. The fourth-order valence-electron chi connectivity index (χ4n) is 3.34. The monoisotopic (exact) mass is 442 g/mol. The van der Waals surface area contributed by atoms with Crippen LogP contribution in [0.5, 0.6) is 5.75 Å². The molecule has 0 aromatic heterocycles. The Kier molecular flexibility index (Phi) is 7.84. The number of methoxy groups -OCH3 is 1. The first-order chi connectivity index (χ1) is 15.0. The summed E-state index contributed by atoms with van der Waals surface area (Å²) in [7, 11) is 1.60. The summed E-state index contributed by atoms with van der Waals surface area (Å²) in [5.41, 5.74) is 1.40. The standard InChI is InChI=1S/C22H23ClN4O4/c1-30-18-6-3-15(4-7-18)20(27-8-10-31-11-9-27)14-25-21(28)22(29)26-19-12-17(23)5-2-16(19)13-24/h2-7,12,20H,8-11,14H2,1H3,(H,25,28)(H,26,29)/t20-/m0/s1. The summed E-state index contributed by atoms with van der Waals surface area (Å²) in [6.07, 6.45) is 0. The lowest BCUT2D eigenvalue weighted by molar-refractivity contribution is -0.136. The second kappa shape index (κ2) is 10.8. The van der Waals surface area contributed by atoms with E-state index in [0.717, 1.165) is 11.3 Å². The van der Waals surface area contributed by atoms with Crippen molar-refractivity contribution >= 4 is 29.1 Å². The first-order valence-corrected chi connectivity index (χ1v) is 10.1. The summed E-state index contributed by atoms with van der Waals surface area (Å²) in [6.45, 7) is 2.87. The van der Waals surface area contributed by atoms with Gasteiger partial charge in [0.25, 0.3) is 0 Å². The molecule has 2 aromatic rings. The van der Waals surface area contributed by atoms with Crippen molar-refractivity contribution in [2.75, 3.05) is 45.3 Å². The third kappa shape index (κ3) is 5.95. The Morgan fingerprint density at radius 2 is 1.90 bits per heavy atom. The molecule has 8 nitrogen and oxygen atoms in total. The third-order valence-electron chi connectivity index (χ3n) is 5.00. The Hall–Kier alpha value is -3.12. The zero-order valence-electron chi connectivity index (χ0n) is 17.1. The average molecular weight is 443 g/mol. The molecule has 3 rings (SSSR count). The van der Waals surface area contributed by atoms with Gasteiger partial charge in [-0.25, -0.2) is 0 Å². The second-order valence-electron chi connectivity index (χ2n) is 6.90. The van der Waals surface area contributed by atoms with Gasteiger partial charge < -0.3 is 20.1 Å². The number of anilines is 1. The van der Waals surface area contributed by atoms with Gasteiger partial charge in [-0.2, -0.15) is 5.26 Å². The van der Waals surface area contributed by atoms with Crippen molar-refractivity contribution in [2.45, 2.75) is 6.04 Å². The highest BCUT2D eigenvalue weighted by molar-refractivity contribution is 6.40. The minimum absolute atomic E-state index is 0.132. The van der Waals surface area contributed by atoms with Crippen LogP contribution in [0.2, 0.25) is 5.02 Å². The molecular weight excluding hydrogens is 420 g/mol. The maximum Gasteiger partial charge on any atom is 0.313 e. The maximum atomic E-state index is 12.4. The summed E-state index contributed by atoms with van der Waals surface area (Å²) in [5, 5.41) is 14.7. The molecule has 162 valence electrons. The number of hydrogen-bond acceptors (Lipinski definition) is 6. The number of nitrogens with one attached hydrogen (secondary N) is 2. The number of halogens is 1. The molecule has 0 spiro atoms. The maximum absolute atomic E-state index is 12.4. The zero-order valence-corrected chi connectivity index (χ0v) is 17.8. The number of nitriles is 1. The number of rotatable bonds is 6. The van der Waals surface area contributed by atoms with Crippen LogP contribution in [0.25, 0.3) is 0 Å². The number of ether oxygens (including phenoxy) is 2. The molecule has 0 unspecified atom stereocenters. The van der Waals surface area contributed by atoms with E-state index >= 15 is 0 Å². The minimum atomic E-state index is -0.866. The molecule has 1 heterocycles. The first kappa shape index (κ1) is 22.6. The van der Waals surface area contributed by atoms with E-state index in [-0.39, 0.29) is 23.8 Å². The largest absolute Gasteiger partial charge is 0.497 e. The number of hydrogen-bond donors (Lipinski definition) is 2. The van der Waals surface area contributed by atoms with Crippen LogP contribution in [0.15, 0.2) is 42.5 Å². The van der Waals surface area contributed by atoms with Gasteiger partial charge in [0.1, 0.15) is 11.8 Å². The lowest BCUT2D eigenvalue weighted by atomic mass is 10.0. The Morgan fingerprint density at radius 1 is 1.19 bits per heavy atom. The summed E-state index contributed by atoms with van der Waals surface area (Å²) in [4.78, 5) is 27.0. The van der Waals surface area contributed by atoms with Crippen molar-refractivity contribution in [3.8, 4) is 11.8 Å². The highest BCUT2D eigenvalue weighted by atomic mass is 35.5. The molecule has 1 fully saturated rings. The zero-order chi connectivity index (χ0) is 22.2. The number of morpholine rings is 1. The molecule has 2 N–H and O–H groups in total. The van der Waals surface area contributed by atoms with Gasteiger partial charge in [-0.3, -0.25) is 14.5 Å². The first-order valence-electron chi connectivity index (χ1n) is 9.76. The van der Waals surface area contributed by atoms with Crippen molar-refractivity contribution in [1.29, 1.82) is 5.26 Å². The smallest absolute Gasteiger partial charge is 0.313 e. The fraction of sp³-hybridized carbons (Fsp3) is 0.318. The van der Waals surface area contributed by atoms with Crippen LogP contribution in [0.3, 0.4) is 0 Å². The van der Waals surface area contributed by atoms with E-state index in [4.69, 9.17) is 21.1 Å². The number of carbonyl (C=O) groups excluding carboxylic acids is 2. The van der Waals surface area contributed by atoms with Crippen LogP contribution in [-0.2, 0) is 14.3 Å². The predicted octanol–water partition coefficient (Wildman–Crippen LogP) is 2.35. The van der Waals surface area contributed by atoms with Crippen molar-refractivity contribution < 1.29 is 19.1 Å². The molecule has 0 bridgehead atoms. The lowest BCUT2D eigenvalue weighted by Crippen LogP contribution is -2.45. The van der Waals surface area contributed by atoms with Crippen molar-refractivity contribution in [2.24, 2.45) is 0 Å². The Labute approximate surface area is 185 Å². The Bertz CT molecular complexity index is 968. The molecule has 0 radical (unpaired) electrons. The normalized spacial score (nSPS) is 14.9. The minimum Gasteiger partial charge on any atom is -0.497 e. The molecule has 0 saturated carbocycles. The molecular formula is C22H23ClN4O4. The predicted molar refractivity (Wildman–Crippen MR) is 116 cm³/mol. The van der Waals surface area contributed by atoms with Crippen LogP contribution in [0.1, 0.15) is 17.2 Å². The van der Waals surface area contributed by atoms with E-state index in [2.05, 4.69) is 15.5 Å². The van der Waals surface area contributed by atoms with Crippen molar-refractivity contribution in [3.63, 3.8) is 0 Å². The van der Waals surface area contributed by atoms with E-state index in [1.807, 2.05) is 30.3 Å². The average Bonchev–Trinajstić information content (AvgIpc) is 2.80. The van der Waals surface area contributed by atoms with E-state index < -0.39 is 11.8 Å². The summed E-state index contributed by atoms with van der Waals surface area (Å²) >= 11 is 5.93.